The molecule has 0 aliphatic heterocycles. The summed E-state index contributed by atoms with van der Waals surface area (Å²) in [6, 6.07) is 9.29. The first-order valence-corrected chi connectivity index (χ1v) is 7.95. The minimum Gasteiger partial charge on any atom is -0.490 e. The van der Waals surface area contributed by atoms with Crippen molar-refractivity contribution in [3.63, 3.8) is 0 Å². The number of nitrogens with one attached hydrogen (secondary N) is 1. The van der Waals surface area contributed by atoms with Crippen molar-refractivity contribution in [1.29, 1.82) is 5.26 Å². The van der Waals surface area contributed by atoms with Crippen molar-refractivity contribution in [2.75, 3.05) is 0 Å². The van der Waals surface area contributed by atoms with E-state index in [0.717, 1.165) is 12.3 Å². The van der Waals surface area contributed by atoms with Crippen molar-refractivity contribution >= 4 is 0 Å². The smallest absolute Gasteiger partial charge is 0.433 e. The molecule has 3 rings (SSSR count). The fraction of sp³-hybridized carbons (Fsp3) is 0.222. The third kappa shape index (κ3) is 3.89. The van der Waals surface area contributed by atoms with Gasteiger partial charge in [0.2, 0.25) is 0 Å². The predicted molar refractivity (Wildman–Crippen MR) is 90.5 cm³/mol. The summed E-state index contributed by atoms with van der Waals surface area (Å²) in [7, 11) is 0. The van der Waals surface area contributed by atoms with Crippen molar-refractivity contribution in [1.82, 2.24) is 20.4 Å². The molecule has 2 aromatic heterocycles. The highest BCUT2D eigenvalue weighted by atomic mass is 19.4. The van der Waals surface area contributed by atoms with E-state index in [4.69, 9.17) is 4.74 Å². The molecule has 0 spiro atoms. The second-order valence-corrected chi connectivity index (χ2v) is 5.95. The highest BCUT2D eigenvalue weighted by Crippen LogP contribution is 2.35. The number of pyridine rings is 1. The quantitative estimate of drug-likeness (QED) is 0.740. The average Bonchev–Trinajstić information content (AvgIpc) is 3.09. The zero-order valence-corrected chi connectivity index (χ0v) is 14.4. The van der Waals surface area contributed by atoms with Gasteiger partial charge >= 0.3 is 6.18 Å². The summed E-state index contributed by atoms with van der Waals surface area (Å²) in [6.07, 6.45) is -3.47. The molecule has 0 bridgehead atoms. The van der Waals surface area contributed by atoms with Crippen LogP contribution in [0.4, 0.5) is 13.2 Å². The van der Waals surface area contributed by atoms with Gasteiger partial charge in [0, 0.05) is 17.3 Å². The van der Waals surface area contributed by atoms with Gasteiger partial charge in [-0.1, -0.05) is 17.3 Å². The van der Waals surface area contributed by atoms with Gasteiger partial charge < -0.3 is 4.74 Å². The molecule has 0 fully saturated rings. The predicted octanol–water partition coefficient (Wildman–Crippen LogP) is 4.21. The zero-order valence-electron chi connectivity index (χ0n) is 14.4. The van der Waals surface area contributed by atoms with E-state index in [0.29, 0.717) is 28.1 Å². The molecule has 1 N–H and O–H groups in total. The molecule has 6 nitrogen and oxygen atoms in total. The van der Waals surface area contributed by atoms with E-state index in [9.17, 15) is 18.4 Å². The molecule has 0 saturated carbocycles. The number of H-pyrrole nitrogens is 1. The number of nitrogens with zero attached hydrogens (tertiary/aromatic N) is 4. The van der Waals surface area contributed by atoms with Gasteiger partial charge in [-0.15, -0.1) is 5.10 Å². The lowest BCUT2D eigenvalue weighted by Gasteiger charge is -2.15. The topological polar surface area (TPSA) is 87.5 Å². The Kier molecular flexibility index (Phi) is 4.81. The summed E-state index contributed by atoms with van der Waals surface area (Å²) >= 11 is 0. The summed E-state index contributed by atoms with van der Waals surface area (Å²) in [5, 5.41) is 19.3. The lowest BCUT2D eigenvalue weighted by molar-refractivity contribution is -0.141. The molecule has 2 heterocycles. The molecule has 0 atom stereocenters. The molecule has 27 heavy (non-hydrogen) atoms. The second-order valence-electron chi connectivity index (χ2n) is 5.95. The summed E-state index contributed by atoms with van der Waals surface area (Å²) in [6.45, 7) is 3.71. The Bertz CT molecular complexity index is 987. The zero-order chi connectivity index (χ0) is 19.6. The van der Waals surface area contributed by atoms with Gasteiger partial charge in [0.25, 0.3) is 0 Å². The molecule has 0 aliphatic rings. The van der Waals surface area contributed by atoms with Crippen molar-refractivity contribution < 1.29 is 17.9 Å². The van der Waals surface area contributed by atoms with E-state index in [1.54, 1.807) is 18.2 Å². The number of aromatic amines is 1. The minimum atomic E-state index is -4.50. The molecule has 0 amide bonds. The van der Waals surface area contributed by atoms with Crippen LogP contribution in [-0.2, 0) is 6.18 Å². The average molecular weight is 373 g/mol. The number of hydrogen-bond acceptors (Lipinski definition) is 5. The number of hydrogen-bond donors (Lipinski definition) is 1. The van der Waals surface area contributed by atoms with Crippen LogP contribution < -0.4 is 4.74 Å². The van der Waals surface area contributed by atoms with E-state index in [1.165, 1.54) is 6.07 Å². The Labute approximate surface area is 152 Å². The molecule has 0 aliphatic carbocycles. The van der Waals surface area contributed by atoms with E-state index in [1.807, 2.05) is 19.9 Å². The first-order valence-electron chi connectivity index (χ1n) is 7.95. The Morgan fingerprint density at radius 3 is 2.48 bits per heavy atom. The first kappa shape index (κ1) is 18.4. The summed E-state index contributed by atoms with van der Waals surface area (Å²) in [5.41, 5.74) is 1.10. The van der Waals surface area contributed by atoms with Gasteiger partial charge in [-0.05, 0) is 37.6 Å². The van der Waals surface area contributed by atoms with Crippen LogP contribution in [0.5, 0.6) is 5.75 Å². The van der Waals surface area contributed by atoms with Crippen LogP contribution in [0.3, 0.4) is 0 Å². The molecule has 3 aromatic rings. The highest BCUT2D eigenvalue weighted by Gasteiger charge is 2.32. The number of aromatic nitrogens is 4. The van der Waals surface area contributed by atoms with Crippen LogP contribution >= 0.6 is 0 Å². The normalized spacial score (nSPS) is 11.4. The lowest BCUT2D eigenvalue weighted by Crippen LogP contribution is -2.07. The van der Waals surface area contributed by atoms with Crippen LogP contribution in [0.25, 0.3) is 22.4 Å². The number of alkyl halides is 3. The molecule has 0 saturated heterocycles. The van der Waals surface area contributed by atoms with Crippen molar-refractivity contribution in [2.45, 2.75) is 26.1 Å². The van der Waals surface area contributed by atoms with Crippen LogP contribution in [0.15, 0.2) is 36.5 Å². The Morgan fingerprint density at radius 2 is 1.89 bits per heavy atom. The van der Waals surface area contributed by atoms with Gasteiger partial charge in [0.1, 0.15) is 23.2 Å². The maximum absolute atomic E-state index is 12.7. The van der Waals surface area contributed by atoms with Crippen LogP contribution in [-0.4, -0.2) is 26.5 Å². The van der Waals surface area contributed by atoms with Crippen molar-refractivity contribution in [3.8, 4) is 34.2 Å². The van der Waals surface area contributed by atoms with E-state index in [-0.39, 0.29) is 11.8 Å². The Hall–Kier alpha value is -3.41. The number of benzene rings is 1. The van der Waals surface area contributed by atoms with Crippen molar-refractivity contribution in [3.05, 3.63) is 47.9 Å². The monoisotopic (exact) mass is 373 g/mol. The molecular weight excluding hydrogens is 359 g/mol. The second kappa shape index (κ2) is 7.07. The summed E-state index contributed by atoms with van der Waals surface area (Å²) in [4.78, 5) is 3.48. The van der Waals surface area contributed by atoms with Crippen LogP contribution in [0.2, 0.25) is 0 Å². The molecule has 138 valence electrons. The van der Waals surface area contributed by atoms with E-state index < -0.39 is 11.9 Å². The molecular formula is C18H14F3N5O. The Morgan fingerprint density at radius 1 is 1.15 bits per heavy atom. The van der Waals surface area contributed by atoms with Gasteiger partial charge in [-0.25, -0.2) is 5.10 Å². The fourth-order valence-electron chi connectivity index (χ4n) is 2.48. The molecule has 0 unspecified atom stereocenters. The third-order valence-electron chi connectivity index (χ3n) is 3.65. The van der Waals surface area contributed by atoms with E-state index >= 15 is 0 Å². The minimum absolute atomic E-state index is 0.125. The standard InChI is InChI=1S/C18H14F3N5O/c1-10(2)27-15-5-3-11(7-13(15)17-14(8-22)24-26-25-17)12-4-6-16(23-9-12)18(19,20)21/h3-7,9-10H,1-2H3,(H,24,25,26). The SMILES string of the molecule is CC(C)Oc1ccc(-c2ccc(C(F)(F)F)nc2)cc1-c1nn[nH]c1C#N. The third-order valence-corrected chi connectivity index (χ3v) is 3.65. The largest absolute Gasteiger partial charge is 0.490 e. The fourth-order valence-corrected chi connectivity index (χ4v) is 2.48. The first-order chi connectivity index (χ1) is 12.8. The number of nitriles is 1. The van der Waals surface area contributed by atoms with Gasteiger partial charge in [0.15, 0.2) is 5.69 Å². The van der Waals surface area contributed by atoms with Crippen LogP contribution in [0.1, 0.15) is 25.2 Å². The highest BCUT2D eigenvalue weighted by molar-refractivity contribution is 5.77. The number of ether oxygens (including phenoxy) is 1. The number of halogens is 3. The molecule has 1 aromatic carbocycles. The van der Waals surface area contributed by atoms with Gasteiger partial charge in [-0.3, -0.25) is 4.98 Å². The molecule has 9 heteroatoms. The summed E-state index contributed by atoms with van der Waals surface area (Å²) < 4.78 is 43.9. The van der Waals surface area contributed by atoms with Crippen molar-refractivity contribution in [2.24, 2.45) is 0 Å². The van der Waals surface area contributed by atoms with Crippen LogP contribution in [0, 0.1) is 11.3 Å². The lowest BCUT2D eigenvalue weighted by atomic mass is 10.0. The Balaban J connectivity index is 2.08. The molecule has 0 radical (unpaired) electrons. The van der Waals surface area contributed by atoms with E-state index in [2.05, 4.69) is 20.4 Å². The maximum atomic E-state index is 12.7. The van der Waals surface area contributed by atoms with Gasteiger partial charge in [0.05, 0.1) is 6.10 Å². The maximum Gasteiger partial charge on any atom is 0.433 e. The van der Waals surface area contributed by atoms with Gasteiger partial charge in [-0.2, -0.15) is 18.4 Å². The number of rotatable bonds is 4. The summed E-state index contributed by atoms with van der Waals surface area (Å²) in [5.74, 6) is 0.485.